The zero-order chi connectivity index (χ0) is 18.2. The molecule has 1 heterocycles. The Morgan fingerprint density at radius 3 is 2.64 bits per heavy atom. The van der Waals surface area contributed by atoms with Gasteiger partial charge in [0.1, 0.15) is 11.5 Å². The van der Waals surface area contributed by atoms with Crippen molar-refractivity contribution in [2.24, 2.45) is 0 Å². The van der Waals surface area contributed by atoms with Crippen LogP contribution in [0.4, 0.5) is 4.79 Å². The van der Waals surface area contributed by atoms with Gasteiger partial charge in [0, 0.05) is 38.2 Å². The lowest BCUT2D eigenvalue weighted by Crippen LogP contribution is -2.40. The van der Waals surface area contributed by atoms with E-state index in [1.54, 1.807) is 14.2 Å². The Balaban J connectivity index is 1.97. The van der Waals surface area contributed by atoms with Crippen molar-refractivity contribution in [3.8, 4) is 11.5 Å². The summed E-state index contributed by atoms with van der Waals surface area (Å²) in [6.07, 6.45) is 2.57. The van der Waals surface area contributed by atoms with Crippen LogP contribution in [0.25, 0.3) is 0 Å². The third-order valence-corrected chi connectivity index (χ3v) is 4.32. The number of nitrogens with zero attached hydrogens (tertiary/aromatic N) is 1. The van der Waals surface area contributed by atoms with E-state index in [1.807, 2.05) is 23.1 Å². The zero-order valence-corrected chi connectivity index (χ0v) is 15.1. The second-order valence-corrected chi connectivity index (χ2v) is 6.03. The molecule has 2 rings (SSSR count). The predicted molar refractivity (Wildman–Crippen MR) is 94.9 cm³/mol. The number of likely N-dealkylation sites (tertiary alicyclic amines) is 1. The first kappa shape index (κ1) is 18.9. The molecule has 0 unspecified atom stereocenters. The SMILES string of the molecule is COc1ccc([C@H]2CCCN2C(=O)NCCCNC(C)=O)c(OC)c1. The second kappa shape index (κ2) is 9.15. The lowest BCUT2D eigenvalue weighted by Gasteiger charge is -2.26. The molecule has 0 aromatic heterocycles. The number of carbonyl (C=O) groups excluding carboxylic acids is 2. The summed E-state index contributed by atoms with van der Waals surface area (Å²) in [5.41, 5.74) is 0.995. The van der Waals surface area contributed by atoms with Crippen LogP contribution >= 0.6 is 0 Å². The number of hydrogen-bond donors (Lipinski definition) is 2. The molecule has 0 radical (unpaired) electrons. The van der Waals surface area contributed by atoms with Crippen LogP contribution < -0.4 is 20.1 Å². The highest BCUT2D eigenvalue weighted by Gasteiger charge is 2.31. The van der Waals surface area contributed by atoms with Crippen molar-refractivity contribution in [2.45, 2.75) is 32.2 Å². The largest absolute Gasteiger partial charge is 0.497 e. The minimum atomic E-state index is -0.0804. The lowest BCUT2D eigenvalue weighted by atomic mass is 10.0. The Hall–Kier alpha value is -2.44. The normalized spacial score (nSPS) is 16.4. The Morgan fingerprint density at radius 2 is 1.96 bits per heavy atom. The average molecular weight is 349 g/mol. The summed E-state index contributed by atoms with van der Waals surface area (Å²) < 4.78 is 10.7. The second-order valence-electron chi connectivity index (χ2n) is 6.03. The molecule has 1 saturated heterocycles. The minimum Gasteiger partial charge on any atom is -0.497 e. The van der Waals surface area contributed by atoms with Crippen LogP contribution in [0, 0.1) is 0 Å². The number of nitrogens with one attached hydrogen (secondary N) is 2. The standard InChI is InChI=1S/C18H27N3O4/c1-13(22)19-9-5-10-20-18(23)21-11-4-6-16(21)15-8-7-14(24-2)12-17(15)25-3/h7-8,12,16H,4-6,9-11H2,1-3H3,(H,19,22)(H,20,23)/t16-/m1/s1. The van der Waals surface area contributed by atoms with E-state index in [1.165, 1.54) is 6.92 Å². The van der Waals surface area contributed by atoms with E-state index in [0.717, 1.165) is 36.4 Å². The summed E-state index contributed by atoms with van der Waals surface area (Å²) in [6, 6.07) is 5.61. The molecule has 7 heteroatoms. The van der Waals surface area contributed by atoms with Gasteiger partial charge in [0.25, 0.3) is 0 Å². The molecule has 1 atom stereocenters. The van der Waals surface area contributed by atoms with Crippen molar-refractivity contribution in [1.82, 2.24) is 15.5 Å². The first-order chi connectivity index (χ1) is 12.1. The number of ether oxygens (including phenoxy) is 2. The number of urea groups is 1. The van der Waals surface area contributed by atoms with E-state index in [-0.39, 0.29) is 18.0 Å². The van der Waals surface area contributed by atoms with Crippen LogP contribution in [-0.2, 0) is 4.79 Å². The third kappa shape index (κ3) is 5.01. The fourth-order valence-corrected chi connectivity index (χ4v) is 3.08. The highest BCUT2D eigenvalue weighted by atomic mass is 16.5. The maximum atomic E-state index is 12.5. The molecule has 138 valence electrons. The van der Waals surface area contributed by atoms with Gasteiger partial charge >= 0.3 is 6.03 Å². The van der Waals surface area contributed by atoms with Gasteiger partial charge in [-0.3, -0.25) is 4.79 Å². The molecule has 1 aliphatic rings. The molecule has 1 aromatic carbocycles. The molecule has 2 N–H and O–H groups in total. The maximum Gasteiger partial charge on any atom is 0.317 e. The van der Waals surface area contributed by atoms with Gasteiger partial charge in [0.2, 0.25) is 5.91 Å². The van der Waals surface area contributed by atoms with Gasteiger partial charge in [0.15, 0.2) is 0 Å². The predicted octanol–water partition coefficient (Wildman–Crippen LogP) is 2.08. The highest BCUT2D eigenvalue weighted by Crippen LogP contribution is 2.38. The molecule has 0 spiro atoms. The van der Waals surface area contributed by atoms with Crippen LogP contribution in [-0.4, -0.2) is 50.7 Å². The minimum absolute atomic E-state index is 0.00352. The van der Waals surface area contributed by atoms with Crippen LogP contribution in [0.2, 0.25) is 0 Å². The number of amides is 3. The lowest BCUT2D eigenvalue weighted by molar-refractivity contribution is -0.118. The zero-order valence-electron chi connectivity index (χ0n) is 15.1. The molecule has 3 amide bonds. The molecule has 7 nitrogen and oxygen atoms in total. The molecule has 0 bridgehead atoms. The molecular weight excluding hydrogens is 322 g/mol. The molecule has 1 aliphatic heterocycles. The molecular formula is C18H27N3O4. The summed E-state index contributed by atoms with van der Waals surface area (Å²) >= 11 is 0. The molecule has 0 saturated carbocycles. The number of rotatable bonds is 7. The highest BCUT2D eigenvalue weighted by molar-refractivity contribution is 5.75. The van der Waals surface area contributed by atoms with Gasteiger partial charge in [-0.15, -0.1) is 0 Å². The van der Waals surface area contributed by atoms with Gasteiger partial charge in [-0.05, 0) is 31.4 Å². The van der Waals surface area contributed by atoms with Gasteiger partial charge < -0.3 is 25.0 Å². The van der Waals surface area contributed by atoms with E-state index in [0.29, 0.717) is 19.5 Å². The van der Waals surface area contributed by atoms with Crippen molar-refractivity contribution >= 4 is 11.9 Å². The smallest absolute Gasteiger partial charge is 0.317 e. The Morgan fingerprint density at radius 1 is 1.20 bits per heavy atom. The molecule has 0 aliphatic carbocycles. The van der Waals surface area contributed by atoms with Gasteiger partial charge in [-0.25, -0.2) is 4.79 Å². The Bertz CT molecular complexity index is 606. The average Bonchev–Trinajstić information content (AvgIpc) is 3.09. The van der Waals surface area contributed by atoms with Gasteiger partial charge in [0.05, 0.1) is 20.3 Å². The third-order valence-electron chi connectivity index (χ3n) is 4.32. The first-order valence-corrected chi connectivity index (χ1v) is 8.57. The van der Waals surface area contributed by atoms with Crippen LogP contribution in [0.1, 0.15) is 37.8 Å². The number of benzene rings is 1. The van der Waals surface area contributed by atoms with Crippen molar-refractivity contribution in [2.75, 3.05) is 33.9 Å². The summed E-state index contributed by atoms with van der Waals surface area (Å²) in [7, 11) is 3.24. The van der Waals surface area contributed by atoms with Crippen LogP contribution in [0.5, 0.6) is 11.5 Å². The van der Waals surface area contributed by atoms with E-state index in [4.69, 9.17) is 9.47 Å². The summed E-state index contributed by atoms with van der Waals surface area (Å²) in [5.74, 6) is 1.40. The van der Waals surface area contributed by atoms with E-state index in [9.17, 15) is 9.59 Å². The van der Waals surface area contributed by atoms with Crippen LogP contribution in [0.3, 0.4) is 0 Å². The molecule has 25 heavy (non-hydrogen) atoms. The Kier molecular flexibility index (Phi) is 6.91. The van der Waals surface area contributed by atoms with Crippen molar-refractivity contribution < 1.29 is 19.1 Å². The monoisotopic (exact) mass is 349 g/mol. The van der Waals surface area contributed by atoms with Gasteiger partial charge in [-0.2, -0.15) is 0 Å². The van der Waals surface area contributed by atoms with Gasteiger partial charge in [-0.1, -0.05) is 0 Å². The number of methoxy groups -OCH3 is 2. The van der Waals surface area contributed by atoms with E-state index < -0.39 is 0 Å². The fourth-order valence-electron chi connectivity index (χ4n) is 3.08. The fraction of sp³-hybridized carbons (Fsp3) is 0.556. The first-order valence-electron chi connectivity index (χ1n) is 8.57. The Labute approximate surface area is 148 Å². The molecule has 1 fully saturated rings. The van der Waals surface area contributed by atoms with Crippen molar-refractivity contribution in [1.29, 1.82) is 0 Å². The van der Waals surface area contributed by atoms with E-state index >= 15 is 0 Å². The summed E-state index contributed by atoms with van der Waals surface area (Å²) in [4.78, 5) is 25.2. The van der Waals surface area contributed by atoms with Crippen LogP contribution in [0.15, 0.2) is 18.2 Å². The van der Waals surface area contributed by atoms with Crippen molar-refractivity contribution in [3.05, 3.63) is 23.8 Å². The van der Waals surface area contributed by atoms with E-state index in [2.05, 4.69) is 10.6 Å². The number of carbonyl (C=O) groups is 2. The van der Waals surface area contributed by atoms with Crippen molar-refractivity contribution in [3.63, 3.8) is 0 Å². The number of hydrogen-bond acceptors (Lipinski definition) is 4. The summed E-state index contributed by atoms with van der Waals surface area (Å²) in [5, 5.41) is 5.65. The topological polar surface area (TPSA) is 79.9 Å². The summed E-state index contributed by atoms with van der Waals surface area (Å²) in [6.45, 7) is 3.29. The molecule has 1 aromatic rings. The quantitative estimate of drug-likeness (QED) is 0.739. The maximum absolute atomic E-state index is 12.5.